The summed E-state index contributed by atoms with van der Waals surface area (Å²) in [7, 11) is 0. The van der Waals surface area contributed by atoms with Crippen LogP contribution in [0.3, 0.4) is 0 Å². The number of carbonyl (C=O) groups excluding carboxylic acids is 1. The molecule has 98 valence electrons. The third-order valence-electron chi connectivity index (χ3n) is 2.67. The highest BCUT2D eigenvalue weighted by Crippen LogP contribution is 2.37. The highest BCUT2D eigenvalue weighted by atomic mass is 35.5. The predicted molar refractivity (Wildman–Crippen MR) is 67.3 cm³/mol. The molecule has 2 aromatic carbocycles. The first-order valence-corrected chi connectivity index (χ1v) is 5.72. The van der Waals surface area contributed by atoms with Crippen LogP contribution in [-0.4, -0.2) is 6.29 Å². The predicted octanol–water partition coefficient (Wildman–Crippen LogP) is 4.84. The maximum atomic E-state index is 12.9. The topological polar surface area (TPSA) is 17.1 Å². The summed E-state index contributed by atoms with van der Waals surface area (Å²) in [6.07, 6.45) is -3.88. The minimum absolute atomic E-state index is 0.0364. The number of halogens is 4. The molecule has 0 aliphatic rings. The van der Waals surface area contributed by atoms with Crippen molar-refractivity contribution in [1.29, 1.82) is 0 Å². The van der Waals surface area contributed by atoms with Crippen molar-refractivity contribution in [2.24, 2.45) is 0 Å². The van der Waals surface area contributed by atoms with E-state index in [4.69, 9.17) is 11.6 Å². The highest BCUT2D eigenvalue weighted by molar-refractivity contribution is 6.33. The van der Waals surface area contributed by atoms with Crippen LogP contribution in [0, 0.1) is 0 Å². The van der Waals surface area contributed by atoms with Crippen molar-refractivity contribution in [3.63, 3.8) is 0 Å². The molecular weight excluding hydrogens is 277 g/mol. The monoisotopic (exact) mass is 284 g/mol. The molecule has 5 heteroatoms. The van der Waals surface area contributed by atoms with E-state index < -0.39 is 11.7 Å². The van der Waals surface area contributed by atoms with Gasteiger partial charge in [-0.25, -0.2) is 0 Å². The number of hydrogen-bond acceptors (Lipinski definition) is 1. The molecule has 1 nitrogen and oxygen atoms in total. The smallest absolute Gasteiger partial charge is 0.298 e. The molecule has 0 unspecified atom stereocenters. The van der Waals surface area contributed by atoms with Crippen LogP contribution in [0.1, 0.15) is 15.9 Å². The van der Waals surface area contributed by atoms with Crippen LogP contribution in [0.4, 0.5) is 13.2 Å². The molecule has 0 atom stereocenters. The van der Waals surface area contributed by atoms with Crippen molar-refractivity contribution < 1.29 is 18.0 Å². The lowest BCUT2D eigenvalue weighted by molar-refractivity contribution is -0.137. The summed E-state index contributed by atoms with van der Waals surface area (Å²) < 4.78 is 38.7. The number of hydrogen-bond donors (Lipinski definition) is 0. The Labute approximate surface area is 112 Å². The average Bonchev–Trinajstić information content (AvgIpc) is 2.37. The van der Waals surface area contributed by atoms with E-state index in [0.29, 0.717) is 11.8 Å². The van der Waals surface area contributed by atoms with Crippen molar-refractivity contribution in [3.05, 3.63) is 58.6 Å². The van der Waals surface area contributed by atoms with Crippen LogP contribution >= 0.6 is 11.6 Å². The summed E-state index contributed by atoms with van der Waals surface area (Å²) in [5.41, 5.74) is -0.127. The molecule has 0 aliphatic carbocycles. The van der Waals surface area contributed by atoms with Gasteiger partial charge in [-0.2, -0.15) is 13.2 Å². The van der Waals surface area contributed by atoms with Gasteiger partial charge in [0.15, 0.2) is 6.29 Å². The highest BCUT2D eigenvalue weighted by Gasteiger charge is 2.33. The van der Waals surface area contributed by atoms with Crippen LogP contribution in [0.25, 0.3) is 11.1 Å². The van der Waals surface area contributed by atoms with Crippen molar-refractivity contribution in [2.75, 3.05) is 0 Å². The van der Waals surface area contributed by atoms with E-state index in [0.717, 1.165) is 6.07 Å². The van der Waals surface area contributed by atoms with Gasteiger partial charge < -0.3 is 0 Å². The fourth-order valence-electron chi connectivity index (χ4n) is 1.77. The van der Waals surface area contributed by atoms with Gasteiger partial charge in [-0.1, -0.05) is 35.9 Å². The minimum atomic E-state index is -4.44. The van der Waals surface area contributed by atoms with Gasteiger partial charge in [0.2, 0.25) is 0 Å². The molecule has 0 radical (unpaired) electrons. The van der Waals surface area contributed by atoms with Gasteiger partial charge >= 0.3 is 6.18 Å². The Morgan fingerprint density at radius 2 is 1.74 bits per heavy atom. The maximum absolute atomic E-state index is 12.9. The fourth-order valence-corrected chi connectivity index (χ4v) is 2.00. The molecule has 0 fully saturated rings. The largest absolute Gasteiger partial charge is 0.417 e. The van der Waals surface area contributed by atoms with E-state index >= 15 is 0 Å². The second-order valence-corrected chi connectivity index (χ2v) is 4.30. The molecule has 0 aliphatic heterocycles. The Morgan fingerprint density at radius 3 is 2.32 bits per heavy atom. The zero-order valence-electron chi connectivity index (χ0n) is 9.54. The zero-order valence-corrected chi connectivity index (χ0v) is 10.3. The van der Waals surface area contributed by atoms with Crippen LogP contribution in [-0.2, 0) is 6.18 Å². The molecule has 0 bridgehead atoms. The van der Waals surface area contributed by atoms with Crippen LogP contribution in [0.15, 0.2) is 42.5 Å². The maximum Gasteiger partial charge on any atom is 0.417 e. The number of carbonyl (C=O) groups is 1. The summed E-state index contributed by atoms with van der Waals surface area (Å²) in [4.78, 5) is 10.6. The number of rotatable bonds is 2. The van der Waals surface area contributed by atoms with Gasteiger partial charge in [-0.3, -0.25) is 4.79 Å². The summed E-state index contributed by atoms with van der Waals surface area (Å²) in [6.45, 7) is 0. The Bertz CT molecular complexity index is 620. The molecule has 0 spiro atoms. The normalized spacial score (nSPS) is 11.4. The van der Waals surface area contributed by atoms with E-state index in [1.54, 1.807) is 0 Å². The number of aldehydes is 1. The minimum Gasteiger partial charge on any atom is -0.298 e. The lowest BCUT2D eigenvalue weighted by Crippen LogP contribution is -2.06. The molecule has 0 saturated heterocycles. The second-order valence-electron chi connectivity index (χ2n) is 3.90. The first-order chi connectivity index (χ1) is 8.93. The molecule has 2 aromatic rings. The Balaban J connectivity index is 2.60. The van der Waals surface area contributed by atoms with Crippen molar-refractivity contribution in [1.82, 2.24) is 0 Å². The second kappa shape index (κ2) is 5.05. The lowest BCUT2D eigenvalue weighted by atomic mass is 9.98. The van der Waals surface area contributed by atoms with Gasteiger partial charge in [-0.15, -0.1) is 0 Å². The van der Waals surface area contributed by atoms with Crippen molar-refractivity contribution in [3.8, 4) is 11.1 Å². The summed E-state index contributed by atoms with van der Waals surface area (Å²) in [6, 6.07) is 9.43. The lowest BCUT2D eigenvalue weighted by Gasteiger charge is -2.13. The van der Waals surface area contributed by atoms with Gasteiger partial charge in [0.05, 0.1) is 10.6 Å². The number of alkyl halides is 3. The van der Waals surface area contributed by atoms with E-state index in [9.17, 15) is 18.0 Å². The molecule has 0 heterocycles. The van der Waals surface area contributed by atoms with E-state index in [-0.39, 0.29) is 16.1 Å². The van der Waals surface area contributed by atoms with Gasteiger partial charge in [0.1, 0.15) is 0 Å². The Morgan fingerprint density at radius 1 is 1.05 bits per heavy atom. The molecular formula is C14H8ClF3O. The molecule has 19 heavy (non-hydrogen) atoms. The van der Waals surface area contributed by atoms with Crippen LogP contribution in [0.2, 0.25) is 5.02 Å². The first kappa shape index (κ1) is 13.6. The molecule has 0 aromatic heterocycles. The molecule has 2 rings (SSSR count). The van der Waals surface area contributed by atoms with Gasteiger partial charge in [0.25, 0.3) is 0 Å². The van der Waals surface area contributed by atoms with Crippen molar-refractivity contribution in [2.45, 2.75) is 6.18 Å². The summed E-state index contributed by atoms with van der Waals surface area (Å²) in [5, 5.41) is 0.129. The molecule has 0 N–H and O–H groups in total. The zero-order chi connectivity index (χ0) is 14.0. The van der Waals surface area contributed by atoms with Crippen LogP contribution in [0.5, 0.6) is 0 Å². The third-order valence-corrected chi connectivity index (χ3v) is 3.00. The first-order valence-electron chi connectivity index (χ1n) is 5.35. The molecule has 0 amide bonds. The summed E-state index contributed by atoms with van der Waals surface area (Å²) in [5.74, 6) is 0. The van der Waals surface area contributed by atoms with Crippen molar-refractivity contribution >= 4 is 17.9 Å². The standard InChI is InChI=1S/C14H8ClF3O/c15-13-7-9(5-6-10(13)8-19)11-3-1-2-4-12(11)14(16,17)18/h1-8H. The van der Waals surface area contributed by atoms with Gasteiger partial charge in [0, 0.05) is 5.56 Å². The molecule has 0 saturated carbocycles. The van der Waals surface area contributed by atoms with Gasteiger partial charge in [-0.05, 0) is 29.3 Å². The quantitative estimate of drug-likeness (QED) is 0.721. The van der Waals surface area contributed by atoms with Crippen LogP contribution < -0.4 is 0 Å². The Hall–Kier alpha value is -1.81. The van der Waals surface area contributed by atoms with E-state index in [1.807, 2.05) is 0 Å². The third kappa shape index (κ3) is 2.79. The van der Waals surface area contributed by atoms with E-state index in [1.165, 1.54) is 36.4 Å². The Kier molecular flexibility index (Phi) is 3.62. The number of benzene rings is 2. The fraction of sp³-hybridized carbons (Fsp3) is 0.0714. The average molecular weight is 285 g/mol. The summed E-state index contributed by atoms with van der Waals surface area (Å²) >= 11 is 5.83. The SMILES string of the molecule is O=Cc1ccc(-c2ccccc2C(F)(F)F)cc1Cl. The van der Waals surface area contributed by atoms with E-state index in [2.05, 4.69) is 0 Å².